The third kappa shape index (κ3) is 2.57. The van der Waals surface area contributed by atoms with Gasteiger partial charge < -0.3 is 4.43 Å². The lowest BCUT2D eigenvalue weighted by atomic mass is 9.55. The first-order chi connectivity index (χ1) is 13.2. The molecule has 154 valence electrons. The van der Waals surface area contributed by atoms with E-state index in [1.807, 2.05) is 6.08 Å². The Balaban J connectivity index is 1.41. The number of fused-ring (bicyclic) bond motifs is 6. The van der Waals surface area contributed by atoms with Crippen molar-refractivity contribution in [3.63, 3.8) is 0 Å². The second kappa shape index (κ2) is 6.17. The van der Waals surface area contributed by atoms with Crippen LogP contribution in [0.4, 0.5) is 0 Å². The molecule has 2 nitrogen and oxygen atoms in total. The zero-order chi connectivity index (χ0) is 19.9. The third-order valence-corrected chi connectivity index (χ3v) is 12.2. The summed E-state index contributed by atoms with van der Waals surface area (Å²) in [7, 11) is -0.547. The highest BCUT2D eigenvalue weighted by Crippen LogP contribution is 2.75. The predicted molar refractivity (Wildman–Crippen MR) is 117 cm³/mol. The Morgan fingerprint density at radius 2 is 2.00 bits per heavy atom. The molecule has 0 radical (unpaired) electrons. The molecule has 0 bridgehead atoms. The van der Waals surface area contributed by atoms with Crippen molar-refractivity contribution in [2.45, 2.75) is 96.6 Å². The van der Waals surface area contributed by atoms with E-state index in [1.54, 1.807) is 11.1 Å². The van der Waals surface area contributed by atoms with Crippen molar-refractivity contribution in [1.82, 2.24) is 0 Å². The molecule has 5 rings (SSSR count). The zero-order valence-corrected chi connectivity index (χ0v) is 20.0. The lowest BCUT2D eigenvalue weighted by molar-refractivity contribution is -0.114. The largest absolute Gasteiger partial charge is 0.417 e. The maximum atomic E-state index is 11.9. The van der Waals surface area contributed by atoms with Gasteiger partial charge in [0.2, 0.25) is 0 Å². The van der Waals surface area contributed by atoms with E-state index in [4.69, 9.17) is 4.43 Å². The van der Waals surface area contributed by atoms with Crippen LogP contribution in [0, 0.1) is 29.1 Å². The Hall–Kier alpha value is -0.673. The van der Waals surface area contributed by atoms with Gasteiger partial charge in [-0.2, -0.15) is 0 Å². The topological polar surface area (TPSA) is 26.3 Å². The van der Waals surface area contributed by atoms with Gasteiger partial charge in [-0.15, -0.1) is 0 Å². The average molecular weight is 399 g/mol. The fourth-order valence-electron chi connectivity index (χ4n) is 7.23. The van der Waals surface area contributed by atoms with Crippen LogP contribution < -0.4 is 0 Å². The molecule has 0 saturated heterocycles. The van der Waals surface area contributed by atoms with Gasteiger partial charge in [0.25, 0.3) is 0 Å². The molecule has 0 N–H and O–H groups in total. The number of allylic oxidation sites excluding steroid dienone is 4. The zero-order valence-electron chi connectivity index (χ0n) is 18.6. The van der Waals surface area contributed by atoms with E-state index in [0.717, 1.165) is 37.0 Å². The summed E-state index contributed by atoms with van der Waals surface area (Å²) in [6.07, 6.45) is 11.4. The van der Waals surface area contributed by atoms with Gasteiger partial charge in [-0.05, 0) is 96.3 Å². The second-order valence-electron chi connectivity index (χ2n) is 11.8. The molecule has 0 heterocycles. The molecular weight excluding hydrogens is 360 g/mol. The first kappa shape index (κ1) is 19.3. The van der Waals surface area contributed by atoms with Gasteiger partial charge >= 0.3 is 0 Å². The highest BCUT2D eigenvalue weighted by atomic mass is 28.2. The smallest absolute Gasteiger partial charge is 0.168 e. The van der Waals surface area contributed by atoms with Crippen LogP contribution in [0.2, 0.25) is 5.04 Å². The summed E-state index contributed by atoms with van der Waals surface area (Å²) >= 11 is 0. The third-order valence-electron chi connectivity index (χ3n) is 9.94. The van der Waals surface area contributed by atoms with E-state index in [0.29, 0.717) is 22.2 Å². The Kier molecular flexibility index (Phi) is 4.25. The summed E-state index contributed by atoms with van der Waals surface area (Å²) in [5.41, 5.74) is 5.36. The van der Waals surface area contributed by atoms with Crippen molar-refractivity contribution >= 4 is 15.5 Å². The van der Waals surface area contributed by atoms with Crippen LogP contribution in [0.3, 0.4) is 0 Å². The molecule has 5 aliphatic carbocycles. The van der Waals surface area contributed by atoms with E-state index in [9.17, 15) is 4.79 Å². The van der Waals surface area contributed by atoms with Gasteiger partial charge in [0, 0.05) is 6.42 Å². The fourth-order valence-corrected chi connectivity index (χ4v) is 8.87. The molecule has 0 spiro atoms. The van der Waals surface area contributed by atoms with Gasteiger partial charge in [-0.25, -0.2) is 0 Å². The van der Waals surface area contributed by atoms with Gasteiger partial charge in [-0.3, -0.25) is 4.79 Å². The minimum Gasteiger partial charge on any atom is -0.417 e. The lowest BCUT2D eigenvalue weighted by Crippen LogP contribution is -2.47. The molecule has 0 aliphatic heterocycles. The van der Waals surface area contributed by atoms with Crippen LogP contribution in [0.5, 0.6) is 0 Å². The van der Waals surface area contributed by atoms with Crippen molar-refractivity contribution in [2.75, 3.05) is 0 Å². The van der Waals surface area contributed by atoms with Crippen molar-refractivity contribution in [3.05, 3.63) is 22.8 Å². The standard InChI is InChI=1S/C25H38O2Si/c1-15(2)23(3,4)28-27-25-14-17(25)13-22-21-8-6-16-12-18(26)7-9-19(16)20(21)10-11-24(22,25)5/h12,15,17,21-22H,6-11,13-14,28H2,1-5H3/t17-,21+,22-,24-,25?/m0/s1. The van der Waals surface area contributed by atoms with Crippen molar-refractivity contribution in [1.29, 1.82) is 0 Å². The van der Waals surface area contributed by atoms with Crippen LogP contribution in [0.25, 0.3) is 0 Å². The van der Waals surface area contributed by atoms with E-state index >= 15 is 0 Å². The molecule has 1 unspecified atom stereocenters. The summed E-state index contributed by atoms with van der Waals surface area (Å²) in [4.78, 5) is 11.9. The number of hydrogen-bond donors (Lipinski definition) is 0. The maximum absolute atomic E-state index is 11.9. The van der Waals surface area contributed by atoms with E-state index in [1.165, 1.54) is 37.7 Å². The van der Waals surface area contributed by atoms with Gasteiger partial charge in [0.15, 0.2) is 15.5 Å². The Morgan fingerprint density at radius 1 is 1.21 bits per heavy atom. The molecule has 0 aromatic carbocycles. The Bertz CT molecular complexity index is 775. The van der Waals surface area contributed by atoms with Crippen LogP contribution >= 0.6 is 0 Å². The SMILES string of the molecule is CC(C)C(C)(C)[SiH2]OC12C[C@@H]1C[C@H]1[C@@H]3CCC4=CC(=O)CCC4=C3CC[C@@]12C. The van der Waals surface area contributed by atoms with Crippen LogP contribution in [0.15, 0.2) is 22.8 Å². The van der Waals surface area contributed by atoms with E-state index in [-0.39, 0.29) is 5.60 Å². The number of carbonyl (C=O) groups excluding carboxylic acids is 1. The minimum absolute atomic E-state index is 0.227. The number of ketones is 1. The van der Waals surface area contributed by atoms with Crippen molar-refractivity contribution in [3.8, 4) is 0 Å². The predicted octanol–water partition coefficient (Wildman–Crippen LogP) is 5.52. The summed E-state index contributed by atoms with van der Waals surface area (Å²) < 4.78 is 7.03. The minimum atomic E-state index is -0.547. The number of carbonyl (C=O) groups is 1. The molecule has 5 atom stereocenters. The molecule has 3 heteroatoms. The average Bonchev–Trinajstić information content (AvgIpc) is 3.30. The Labute approximate surface area is 173 Å². The second-order valence-corrected chi connectivity index (χ2v) is 14.2. The summed E-state index contributed by atoms with van der Waals surface area (Å²) in [6.45, 7) is 12.2. The van der Waals surface area contributed by atoms with E-state index in [2.05, 4.69) is 34.6 Å². The normalized spacial score (nSPS) is 42.4. The first-order valence-corrected chi connectivity index (χ1v) is 13.1. The van der Waals surface area contributed by atoms with Crippen LogP contribution in [-0.4, -0.2) is 21.1 Å². The monoisotopic (exact) mass is 398 g/mol. The molecule has 5 aliphatic rings. The molecule has 28 heavy (non-hydrogen) atoms. The Morgan fingerprint density at radius 3 is 2.75 bits per heavy atom. The highest BCUT2D eigenvalue weighted by molar-refractivity contribution is 6.32. The van der Waals surface area contributed by atoms with Gasteiger partial charge in [0.1, 0.15) is 0 Å². The van der Waals surface area contributed by atoms with Gasteiger partial charge in [0.05, 0.1) is 5.60 Å². The molecule has 0 aromatic heterocycles. The van der Waals surface area contributed by atoms with Gasteiger partial charge in [-0.1, -0.05) is 40.2 Å². The molecule has 3 fully saturated rings. The van der Waals surface area contributed by atoms with Crippen molar-refractivity contribution in [2.24, 2.45) is 29.1 Å². The summed E-state index contributed by atoms with van der Waals surface area (Å²) in [6, 6.07) is 0. The van der Waals surface area contributed by atoms with Crippen LogP contribution in [0.1, 0.15) is 86.0 Å². The molecule has 0 amide bonds. The molecule has 3 saturated carbocycles. The summed E-state index contributed by atoms with van der Waals surface area (Å²) in [5, 5.41) is 0.386. The molecule has 0 aromatic rings. The summed E-state index contributed by atoms with van der Waals surface area (Å²) in [5.74, 6) is 3.47. The highest BCUT2D eigenvalue weighted by Gasteiger charge is 2.74. The quantitative estimate of drug-likeness (QED) is 0.583. The lowest BCUT2D eigenvalue weighted by Gasteiger charge is -2.51. The van der Waals surface area contributed by atoms with E-state index < -0.39 is 9.76 Å². The number of hydrogen-bond acceptors (Lipinski definition) is 2. The fraction of sp³-hybridized carbons (Fsp3) is 0.800. The first-order valence-electron chi connectivity index (χ1n) is 11.8. The molecular formula is C25H38O2Si. The van der Waals surface area contributed by atoms with Crippen LogP contribution in [-0.2, 0) is 9.22 Å². The van der Waals surface area contributed by atoms with Crippen molar-refractivity contribution < 1.29 is 9.22 Å². The number of rotatable bonds is 4. The maximum Gasteiger partial charge on any atom is 0.168 e.